The van der Waals surface area contributed by atoms with Gasteiger partial charge >= 0.3 is 0 Å². The number of rotatable bonds is 1. The molecule has 0 radical (unpaired) electrons. The van der Waals surface area contributed by atoms with Crippen LogP contribution in [0.2, 0.25) is 0 Å². The molecule has 0 bridgehead atoms. The number of carbonyl (C=O) groups is 1. The van der Waals surface area contributed by atoms with Gasteiger partial charge in [0.25, 0.3) is 0 Å². The summed E-state index contributed by atoms with van der Waals surface area (Å²) < 4.78 is 19.8. The maximum absolute atomic E-state index is 13.6. The molecule has 2 heterocycles. The van der Waals surface area contributed by atoms with E-state index in [2.05, 4.69) is 4.99 Å². The minimum atomic E-state index is -1.16. The van der Waals surface area contributed by atoms with E-state index in [0.29, 0.717) is 17.1 Å². The fourth-order valence-electron chi connectivity index (χ4n) is 3.32. The highest BCUT2D eigenvalue weighted by Crippen LogP contribution is 2.52. The molecule has 0 N–H and O–H groups in total. The number of amides is 1. The Morgan fingerprint density at radius 1 is 1.33 bits per heavy atom. The molecule has 0 unspecified atom stereocenters. The molecule has 2 aliphatic rings. The molecule has 0 saturated carbocycles. The molecule has 122 valence electrons. The van der Waals surface area contributed by atoms with Crippen LogP contribution in [0.15, 0.2) is 53.5 Å². The van der Waals surface area contributed by atoms with Crippen molar-refractivity contribution in [2.45, 2.75) is 18.0 Å². The Bertz CT molecular complexity index is 855. The van der Waals surface area contributed by atoms with E-state index in [1.165, 1.54) is 24.0 Å². The smallest absolute Gasteiger partial charge is 0.231 e. The molecule has 2 atom stereocenters. The first kappa shape index (κ1) is 15.1. The van der Waals surface area contributed by atoms with E-state index in [4.69, 9.17) is 16.3 Å². The van der Waals surface area contributed by atoms with Crippen molar-refractivity contribution in [3.63, 3.8) is 0 Å². The highest BCUT2D eigenvalue weighted by Gasteiger charge is 2.58. The third-order valence-corrected chi connectivity index (χ3v) is 4.91. The number of benzene rings is 2. The highest BCUT2D eigenvalue weighted by atomic mass is 35.5. The molecule has 0 fully saturated rings. The summed E-state index contributed by atoms with van der Waals surface area (Å²) in [6.07, 6.45) is 0. The number of ether oxygens (including phenoxy) is 1. The molecular formula is C18H14ClFN2O2. The van der Waals surface area contributed by atoms with Gasteiger partial charge in [-0.05, 0) is 30.3 Å². The van der Waals surface area contributed by atoms with Crippen LogP contribution in [0.5, 0.6) is 0 Å². The molecule has 2 aliphatic heterocycles. The van der Waals surface area contributed by atoms with Crippen LogP contribution in [-0.4, -0.2) is 24.1 Å². The molecule has 0 aliphatic carbocycles. The zero-order valence-corrected chi connectivity index (χ0v) is 13.6. The van der Waals surface area contributed by atoms with Crippen LogP contribution in [0, 0.1) is 5.82 Å². The van der Waals surface area contributed by atoms with Crippen LogP contribution in [0.4, 0.5) is 10.1 Å². The van der Waals surface area contributed by atoms with E-state index < -0.39 is 16.9 Å². The fraction of sp³-hybridized carbons (Fsp3) is 0.222. The number of hydrogen-bond acceptors (Lipinski definition) is 3. The molecule has 1 spiro atoms. The van der Waals surface area contributed by atoms with Gasteiger partial charge in [-0.2, -0.15) is 0 Å². The lowest BCUT2D eigenvalue weighted by Gasteiger charge is -2.35. The van der Waals surface area contributed by atoms with E-state index in [1.807, 2.05) is 30.3 Å². The predicted molar refractivity (Wildman–Crippen MR) is 89.8 cm³/mol. The number of nitrogens with zero attached hydrogens (tertiary/aromatic N) is 2. The number of aliphatic imine (C=N–C) groups is 1. The number of halogens is 2. The van der Waals surface area contributed by atoms with Crippen molar-refractivity contribution in [1.29, 1.82) is 0 Å². The first-order valence-corrected chi connectivity index (χ1v) is 8.00. The highest BCUT2D eigenvalue weighted by molar-refractivity contribution is 6.24. The molecule has 6 heteroatoms. The zero-order chi connectivity index (χ0) is 16.9. The standard InChI is InChI=1S/C18H14ClFN2O2/c1-11(23)22-15-8-7-13(20)9-14(15)16(19)18(22)10-21-17(24-18)12-5-3-2-4-6-12/h2-9,16H,10H2,1H3/t16-,18+/m0/s1. The van der Waals surface area contributed by atoms with Crippen molar-refractivity contribution in [2.75, 3.05) is 11.4 Å². The fourth-order valence-corrected chi connectivity index (χ4v) is 3.71. The summed E-state index contributed by atoms with van der Waals surface area (Å²) in [6.45, 7) is 1.63. The zero-order valence-electron chi connectivity index (χ0n) is 12.9. The Hall–Kier alpha value is -2.40. The van der Waals surface area contributed by atoms with E-state index in [0.717, 1.165) is 5.56 Å². The lowest BCUT2D eigenvalue weighted by molar-refractivity contribution is -0.119. The van der Waals surface area contributed by atoms with Crippen molar-refractivity contribution < 1.29 is 13.9 Å². The number of alkyl halides is 1. The minimum absolute atomic E-state index is 0.196. The van der Waals surface area contributed by atoms with Crippen molar-refractivity contribution in [2.24, 2.45) is 4.99 Å². The summed E-state index contributed by atoms with van der Waals surface area (Å²) >= 11 is 6.61. The second-order valence-corrected chi connectivity index (χ2v) is 6.29. The Morgan fingerprint density at radius 3 is 2.79 bits per heavy atom. The average Bonchev–Trinajstić information content (AvgIpc) is 3.11. The van der Waals surface area contributed by atoms with Crippen molar-refractivity contribution >= 4 is 29.1 Å². The quantitative estimate of drug-likeness (QED) is 0.741. The Morgan fingerprint density at radius 2 is 2.08 bits per heavy atom. The molecular weight excluding hydrogens is 331 g/mol. The predicted octanol–water partition coefficient (Wildman–Crippen LogP) is 3.65. The van der Waals surface area contributed by atoms with E-state index in [1.54, 1.807) is 6.07 Å². The van der Waals surface area contributed by atoms with Gasteiger partial charge in [-0.15, -0.1) is 11.6 Å². The molecule has 2 aromatic carbocycles. The summed E-state index contributed by atoms with van der Waals surface area (Å²) in [6, 6.07) is 13.6. The van der Waals surface area contributed by atoms with Gasteiger partial charge in [0.2, 0.25) is 17.5 Å². The first-order chi connectivity index (χ1) is 11.5. The molecule has 0 saturated heterocycles. The molecule has 24 heavy (non-hydrogen) atoms. The van der Waals surface area contributed by atoms with Crippen LogP contribution in [0.25, 0.3) is 0 Å². The summed E-state index contributed by atoms with van der Waals surface area (Å²) in [7, 11) is 0. The van der Waals surface area contributed by atoms with Crippen molar-refractivity contribution in [3.05, 3.63) is 65.5 Å². The lowest BCUT2D eigenvalue weighted by atomic mass is 10.1. The van der Waals surface area contributed by atoms with Gasteiger partial charge in [0.1, 0.15) is 17.7 Å². The molecule has 2 aromatic rings. The van der Waals surface area contributed by atoms with Gasteiger partial charge in [-0.3, -0.25) is 9.69 Å². The van der Waals surface area contributed by atoms with Crippen LogP contribution < -0.4 is 4.90 Å². The normalized spacial score (nSPS) is 24.7. The summed E-state index contributed by atoms with van der Waals surface area (Å²) in [5, 5.41) is -0.711. The second kappa shape index (κ2) is 5.31. The molecule has 1 amide bonds. The van der Waals surface area contributed by atoms with Gasteiger partial charge < -0.3 is 4.74 Å². The summed E-state index contributed by atoms with van der Waals surface area (Å²) in [4.78, 5) is 18.2. The lowest BCUT2D eigenvalue weighted by Crippen LogP contribution is -2.53. The van der Waals surface area contributed by atoms with E-state index >= 15 is 0 Å². The van der Waals surface area contributed by atoms with Crippen molar-refractivity contribution in [3.8, 4) is 0 Å². The van der Waals surface area contributed by atoms with E-state index in [9.17, 15) is 9.18 Å². The topological polar surface area (TPSA) is 41.9 Å². The third-order valence-electron chi connectivity index (χ3n) is 4.34. The third kappa shape index (κ3) is 2.04. The number of carbonyl (C=O) groups excluding carboxylic acids is 1. The van der Waals surface area contributed by atoms with Crippen LogP contribution in [0.1, 0.15) is 23.4 Å². The first-order valence-electron chi connectivity index (χ1n) is 7.56. The molecule has 0 aromatic heterocycles. The largest absolute Gasteiger partial charge is 0.446 e. The van der Waals surface area contributed by atoms with Gasteiger partial charge in [-0.25, -0.2) is 9.38 Å². The second-order valence-electron chi connectivity index (χ2n) is 5.85. The monoisotopic (exact) mass is 344 g/mol. The number of anilines is 1. The Kier molecular flexibility index (Phi) is 3.35. The van der Waals surface area contributed by atoms with Gasteiger partial charge in [-0.1, -0.05) is 18.2 Å². The van der Waals surface area contributed by atoms with Gasteiger partial charge in [0.15, 0.2) is 0 Å². The maximum atomic E-state index is 13.6. The summed E-state index contributed by atoms with van der Waals surface area (Å²) in [5.41, 5.74) is 0.753. The number of hydrogen-bond donors (Lipinski definition) is 0. The Balaban J connectivity index is 1.77. The Labute approximate surface area is 143 Å². The average molecular weight is 345 g/mol. The van der Waals surface area contributed by atoms with E-state index in [-0.39, 0.29) is 12.5 Å². The van der Waals surface area contributed by atoms with Gasteiger partial charge in [0.05, 0.1) is 5.69 Å². The molecule has 4 nitrogen and oxygen atoms in total. The number of fused-ring (bicyclic) bond motifs is 1. The molecule has 4 rings (SSSR count). The maximum Gasteiger partial charge on any atom is 0.231 e. The van der Waals surface area contributed by atoms with Crippen LogP contribution in [0.3, 0.4) is 0 Å². The van der Waals surface area contributed by atoms with Crippen LogP contribution in [-0.2, 0) is 9.53 Å². The minimum Gasteiger partial charge on any atom is -0.446 e. The summed E-state index contributed by atoms with van der Waals surface area (Å²) in [5.74, 6) is -0.196. The van der Waals surface area contributed by atoms with Crippen LogP contribution >= 0.6 is 11.6 Å². The van der Waals surface area contributed by atoms with Crippen molar-refractivity contribution in [1.82, 2.24) is 0 Å². The van der Waals surface area contributed by atoms with Gasteiger partial charge in [0, 0.05) is 18.1 Å². The SMILES string of the molecule is CC(=O)N1c2ccc(F)cc2[C@H](Cl)[C@]12CN=C(c1ccccc1)O2.